The first kappa shape index (κ1) is 8.97. The van der Waals surface area contributed by atoms with Gasteiger partial charge in [0.05, 0.1) is 6.54 Å². The first-order valence-corrected chi connectivity index (χ1v) is 4.79. The van der Waals surface area contributed by atoms with E-state index < -0.39 is 0 Å². The predicted octanol–water partition coefficient (Wildman–Crippen LogP) is -0.891. The maximum atomic E-state index is 10.7. The molecule has 4 heteroatoms. The summed E-state index contributed by atoms with van der Waals surface area (Å²) in [6.45, 7) is 4.90. The van der Waals surface area contributed by atoms with Crippen molar-refractivity contribution in [2.24, 2.45) is 11.1 Å². The van der Waals surface area contributed by atoms with E-state index in [4.69, 9.17) is 5.73 Å². The summed E-state index contributed by atoms with van der Waals surface area (Å²) in [7, 11) is 2.14. The van der Waals surface area contributed by atoms with Crippen LogP contribution in [0.25, 0.3) is 0 Å². The van der Waals surface area contributed by atoms with Crippen molar-refractivity contribution in [2.75, 3.05) is 39.8 Å². The van der Waals surface area contributed by atoms with Crippen LogP contribution in [-0.2, 0) is 4.79 Å². The number of hydrogen-bond acceptors (Lipinski definition) is 3. The van der Waals surface area contributed by atoms with Gasteiger partial charge in [0.15, 0.2) is 0 Å². The Bertz CT molecular complexity index is 223. The first-order valence-electron chi connectivity index (χ1n) is 4.79. The smallest absolute Gasteiger partial charge is 0.231 e. The fourth-order valence-electron chi connectivity index (χ4n) is 2.74. The normalized spacial score (nSPS) is 27.8. The number of likely N-dealkylation sites (tertiary alicyclic amines) is 2. The van der Waals surface area contributed by atoms with Crippen LogP contribution in [-0.4, -0.2) is 55.5 Å². The molecule has 0 aromatic rings. The van der Waals surface area contributed by atoms with E-state index in [1.807, 2.05) is 0 Å². The lowest BCUT2D eigenvalue weighted by Crippen LogP contribution is -2.55. The molecule has 2 heterocycles. The molecule has 0 aromatic heterocycles. The lowest BCUT2D eigenvalue weighted by Gasteiger charge is -2.46. The summed E-state index contributed by atoms with van der Waals surface area (Å²) in [6.07, 6.45) is 1.23. The topological polar surface area (TPSA) is 49.6 Å². The second-order valence-corrected chi connectivity index (χ2v) is 4.60. The monoisotopic (exact) mass is 183 g/mol. The number of rotatable bonds is 2. The molecular weight excluding hydrogens is 166 g/mol. The van der Waals surface area contributed by atoms with Gasteiger partial charge >= 0.3 is 0 Å². The molecule has 2 rings (SSSR count). The summed E-state index contributed by atoms with van der Waals surface area (Å²) in [6, 6.07) is 0. The van der Waals surface area contributed by atoms with Crippen molar-refractivity contribution in [3.05, 3.63) is 0 Å². The van der Waals surface area contributed by atoms with Gasteiger partial charge in [-0.15, -0.1) is 0 Å². The maximum Gasteiger partial charge on any atom is 0.231 e. The number of carbonyl (C=O) groups excluding carboxylic acids is 1. The first-order chi connectivity index (χ1) is 6.10. The minimum atomic E-state index is -0.204. The minimum absolute atomic E-state index is 0.204. The summed E-state index contributed by atoms with van der Waals surface area (Å²) < 4.78 is 0. The fraction of sp³-hybridized carbons (Fsp3) is 0.889. The third-order valence-electron chi connectivity index (χ3n) is 3.11. The molecule has 0 aromatic carbocycles. The van der Waals surface area contributed by atoms with Gasteiger partial charge in [0, 0.05) is 25.0 Å². The molecule has 2 aliphatic heterocycles. The zero-order chi connectivity index (χ0) is 9.47. The number of primary amides is 1. The molecule has 0 radical (unpaired) electrons. The Morgan fingerprint density at radius 2 is 2.15 bits per heavy atom. The van der Waals surface area contributed by atoms with Gasteiger partial charge in [-0.05, 0) is 20.0 Å². The Morgan fingerprint density at radius 1 is 1.46 bits per heavy atom. The molecule has 13 heavy (non-hydrogen) atoms. The van der Waals surface area contributed by atoms with E-state index in [1.165, 1.54) is 19.5 Å². The SMILES string of the molecule is CN1CC2(CCN(CC(N)=O)C2)C1. The van der Waals surface area contributed by atoms with E-state index in [0.29, 0.717) is 12.0 Å². The Morgan fingerprint density at radius 3 is 2.69 bits per heavy atom. The fourth-order valence-corrected chi connectivity index (χ4v) is 2.74. The number of carbonyl (C=O) groups is 1. The minimum Gasteiger partial charge on any atom is -0.369 e. The van der Waals surface area contributed by atoms with Gasteiger partial charge in [-0.1, -0.05) is 0 Å². The molecule has 2 N–H and O–H groups in total. The highest BCUT2D eigenvalue weighted by Gasteiger charge is 2.45. The van der Waals surface area contributed by atoms with Crippen molar-refractivity contribution in [3.8, 4) is 0 Å². The molecule has 0 unspecified atom stereocenters. The van der Waals surface area contributed by atoms with Crippen molar-refractivity contribution in [1.82, 2.24) is 9.80 Å². The molecule has 2 aliphatic rings. The van der Waals surface area contributed by atoms with E-state index in [1.54, 1.807) is 0 Å². The molecule has 2 saturated heterocycles. The van der Waals surface area contributed by atoms with Crippen LogP contribution >= 0.6 is 0 Å². The zero-order valence-electron chi connectivity index (χ0n) is 8.12. The largest absolute Gasteiger partial charge is 0.369 e. The van der Waals surface area contributed by atoms with Crippen LogP contribution in [0.5, 0.6) is 0 Å². The number of hydrogen-bond donors (Lipinski definition) is 1. The second-order valence-electron chi connectivity index (χ2n) is 4.60. The maximum absolute atomic E-state index is 10.7. The Balaban J connectivity index is 1.84. The number of amides is 1. The van der Waals surface area contributed by atoms with Crippen molar-refractivity contribution >= 4 is 5.91 Å². The van der Waals surface area contributed by atoms with E-state index in [9.17, 15) is 4.79 Å². The van der Waals surface area contributed by atoms with Crippen LogP contribution in [0.4, 0.5) is 0 Å². The number of nitrogens with zero attached hydrogens (tertiary/aromatic N) is 2. The average molecular weight is 183 g/mol. The van der Waals surface area contributed by atoms with Crippen molar-refractivity contribution in [2.45, 2.75) is 6.42 Å². The number of nitrogens with two attached hydrogens (primary N) is 1. The van der Waals surface area contributed by atoms with E-state index in [-0.39, 0.29) is 5.91 Å². The second kappa shape index (κ2) is 2.96. The van der Waals surface area contributed by atoms with E-state index in [0.717, 1.165) is 13.1 Å². The summed E-state index contributed by atoms with van der Waals surface area (Å²) in [5.41, 5.74) is 5.65. The molecule has 0 atom stereocenters. The van der Waals surface area contributed by atoms with Crippen molar-refractivity contribution in [3.63, 3.8) is 0 Å². The highest BCUT2D eigenvalue weighted by molar-refractivity contribution is 5.75. The summed E-state index contributed by atoms with van der Waals surface area (Å²) in [4.78, 5) is 15.2. The van der Waals surface area contributed by atoms with Crippen LogP contribution in [0.1, 0.15) is 6.42 Å². The molecule has 0 saturated carbocycles. The Hall–Kier alpha value is -0.610. The molecule has 0 aliphatic carbocycles. The van der Waals surface area contributed by atoms with Crippen molar-refractivity contribution in [1.29, 1.82) is 0 Å². The highest BCUT2D eigenvalue weighted by atomic mass is 16.1. The van der Waals surface area contributed by atoms with Crippen LogP contribution in [0.3, 0.4) is 0 Å². The quantitative estimate of drug-likeness (QED) is 0.604. The Labute approximate surface area is 78.7 Å². The summed E-state index contributed by atoms with van der Waals surface area (Å²) >= 11 is 0. The highest BCUT2D eigenvalue weighted by Crippen LogP contribution is 2.38. The van der Waals surface area contributed by atoms with Crippen LogP contribution in [0.2, 0.25) is 0 Å². The van der Waals surface area contributed by atoms with Gasteiger partial charge in [-0.25, -0.2) is 0 Å². The standard InChI is InChI=1S/C9H17N3O/c1-11-5-9(6-11)2-3-12(7-9)4-8(10)13/h2-7H2,1H3,(H2,10,13). The van der Waals surface area contributed by atoms with E-state index >= 15 is 0 Å². The average Bonchev–Trinajstić information content (AvgIpc) is 2.30. The third kappa shape index (κ3) is 1.69. The zero-order valence-corrected chi connectivity index (χ0v) is 8.12. The van der Waals surface area contributed by atoms with Crippen LogP contribution in [0, 0.1) is 5.41 Å². The van der Waals surface area contributed by atoms with Crippen LogP contribution < -0.4 is 5.73 Å². The lowest BCUT2D eigenvalue weighted by molar-refractivity contribution is -0.119. The molecule has 1 spiro atoms. The van der Waals surface area contributed by atoms with Crippen molar-refractivity contribution < 1.29 is 4.79 Å². The molecule has 74 valence electrons. The molecule has 4 nitrogen and oxygen atoms in total. The predicted molar refractivity (Wildman–Crippen MR) is 50.2 cm³/mol. The summed E-state index contributed by atoms with van der Waals surface area (Å²) in [5.74, 6) is -0.204. The molecular formula is C9H17N3O. The van der Waals surface area contributed by atoms with Crippen LogP contribution in [0.15, 0.2) is 0 Å². The Kier molecular flexibility index (Phi) is 2.04. The molecule has 1 amide bonds. The summed E-state index contributed by atoms with van der Waals surface area (Å²) in [5, 5.41) is 0. The van der Waals surface area contributed by atoms with Gasteiger partial charge in [0.25, 0.3) is 0 Å². The lowest BCUT2D eigenvalue weighted by atomic mass is 9.79. The van der Waals surface area contributed by atoms with Gasteiger partial charge in [0.1, 0.15) is 0 Å². The van der Waals surface area contributed by atoms with E-state index in [2.05, 4.69) is 16.8 Å². The third-order valence-corrected chi connectivity index (χ3v) is 3.11. The molecule has 0 bridgehead atoms. The van der Waals surface area contributed by atoms with Gasteiger partial charge in [-0.2, -0.15) is 0 Å². The van der Waals surface area contributed by atoms with Gasteiger partial charge in [-0.3, -0.25) is 9.69 Å². The molecule has 2 fully saturated rings. The van der Waals surface area contributed by atoms with Gasteiger partial charge in [0.2, 0.25) is 5.91 Å². The van der Waals surface area contributed by atoms with Gasteiger partial charge < -0.3 is 10.6 Å².